The maximum absolute atomic E-state index is 5.54. The Labute approximate surface area is 86.7 Å². The summed E-state index contributed by atoms with van der Waals surface area (Å²) in [6.07, 6.45) is 0.974. The fourth-order valence-corrected chi connectivity index (χ4v) is 1.54. The zero-order valence-corrected chi connectivity index (χ0v) is 9.38. The van der Waals surface area contributed by atoms with E-state index < -0.39 is 0 Å². The van der Waals surface area contributed by atoms with Gasteiger partial charge in [-0.2, -0.15) is 0 Å². The monoisotopic (exact) mass is 192 g/mol. The van der Waals surface area contributed by atoms with Crippen LogP contribution in [0, 0.1) is 6.92 Å². The van der Waals surface area contributed by atoms with Gasteiger partial charge in [0.1, 0.15) is 0 Å². The molecule has 0 bridgehead atoms. The Morgan fingerprint density at radius 1 is 1.36 bits per heavy atom. The quantitative estimate of drug-likeness (QED) is 0.790. The molecule has 0 spiro atoms. The fraction of sp³-hybridized carbons (Fsp3) is 0.500. The van der Waals surface area contributed by atoms with E-state index >= 15 is 0 Å². The molecule has 0 aliphatic heterocycles. The van der Waals surface area contributed by atoms with Gasteiger partial charge in [0.2, 0.25) is 0 Å². The van der Waals surface area contributed by atoms with Crippen LogP contribution in [0.1, 0.15) is 18.1 Å². The van der Waals surface area contributed by atoms with Crippen LogP contribution in [-0.2, 0) is 6.42 Å². The molecule has 1 aromatic rings. The highest BCUT2D eigenvalue weighted by atomic mass is 15.1. The van der Waals surface area contributed by atoms with Crippen molar-refractivity contribution in [3.63, 3.8) is 0 Å². The Kier molecular flexibility index (Phi) is 3.96. The lowest BCUT2D eigenvalue weighted by molar-refractivity contribution is 0.943. The predicted octanol–water partition coefficient (Wildman–Crippen LogP) is 1.95. The number of hydrogen-bond acceptors (Lipinski definition) is 2. The number of aryl methyl sites for hydroxylation is 1. The molecule has 2 heteroatoms. The van der Waals surface area contributed by atoms with Crippen LogP contribution in [0.5, 0.6) is 0 Å². The minimum atomic E-state index is 0.726. The molecule has 0 aliphatic carbocycles. The molecule has 0 amide bonds. The van der Waals surface area contributed by atoms with Crippen molar-refractivity contribution < 1.29 is 0 Å². The molecule has 1 rings (SSSR count). The van der Waals surface area contributed by atoms with Crippen LogP contribution in [0.3, 0.4) is 0 Å². The highest BCUT2D eigenvalue weighted by Gasteiger charge is 2.01. The highest BCUT2D eigenvalue weighted by Crippen LogP contribution is 2.18. The van der Waals surface area contributed by atoms with Gasteiger partial charge in [0, 0.05) is 19.3 Å². The third kappa shape index (κ3) is 2.48. The Balaban J connectivity index is 2.88. The zero-order chi connectivity index (χ0) is 10.6. The van der Waals surface area contributed by atoms with E-state index in [1.54, 1.807) is 0 Å². The van der Waals surface area contributed by atoms with E-state index in [2.05, 4.69) is 44.0 Å². The van der Waals surface area contributed by atoms with E-state index in [1.807, 2.05) is 0 Å². The number of rotatable bonds is 4. The van der Waals surface area contributed by atoms with Crippen LogP contribution in [0.2, 0.25) is 0 Å². The molecule has 0 atom stereocenters. The number of benzene rings is 1. The summed E-state index contributed by atoms with van der Waals surface area (Å²) >= 11 is 0. The van der Waals surface area contributed by atoms with Gasteiger partial charge in [0.25, 0.3) is 0 Å². The Morgan fingerprint density at radius 3 is 2.57 bits per heavy atom. The summed E-state index contributed by atoms with van der Waals surface area (Å²) in [5, 5.41) is 0. The topological polar surface area (TPSA) is 29.3 Å². The second kappa shape index (κ2) is 5.01. The van der Waals surface area contributed by atoms with Crippen molar-refractivity contribution >= 4 is 5.69 Å². The van der Waals surface area contributed by atoms with Crippen molar-refractivity contribution in [2.45, 2.75) is 20.3 Å². The van der Waals surface area contributed by atoms with Gasteiger partial charge in [-0.05, 0) is 50.1 Å². The molecule has 1 aromatic carbocycles. The molecule has 0 aliphatic rings. The van der Waals surface area contributed by atoms with Crippen molar-refractivity contribution in [2.75, 3.05) is 25.0 Å². The third-order valence-electron chi connectivity index (χ3n) is 2.65. The van der Waals surface area contributed by atoms with Crippen LogP contribution in [-0.4, -0.2) is 20.1 Å². The molecule has 0 fully saturated rings. The smallest absolute Gasteiger partial charge is 0.0366 e. The standard InChI is InChI=1S/C12H20N2/c1-4-14(3)12-6-5-11(7-8-13)10(2)9-12/h5-6,9H,4,7-8,13H2,1-3H3. The van der Waals surface area contributed by atoms with E-state index in [0.717, 1.165) is 19.5 Å². The van der Waals surface area contributed by atoms with Crippen LogP contribution >= 0.6 is 0 Å². The first-order valence-electron chi connectivity index (χ1n) is 5.19. The van der Waals surface area contributed by atoms with E-state index in [0.29, 0.717) is 0 Å². The first kappa shape index (κ1) is 11.1. The van der Waals surface area contributed by atoms with Crippen LogP contribution in [0.4, 0.5) is 5.69 Å². The molecule has 0 heterocycles. The molecular weight excluding hydrogens is 172 g/mol. The first-order valence-corrected chi connectivity index (χ1v) is 5.19. The maximum Gasteiger partial charge on any atom is 0.0366 e. The summed E-state index contributed by atoms with van der Waals surface area (Å²) in [6, 6.07) is 6.58. The van der Waals surface area contributed by atoms with E-state index in [1.165, 1.54) is 16.8 Å². The van der Waals surface area contributed by atoms with E-state index in [9.17, 15) is 0 Å². The lowest BCUT2D eigenvalue weighted by Gasteiger charge is -2.18. The molecule has 2 N–H and O–H groups in total. The van der Waals surface area contributed by atoms with E-state index in [-0.39, 0.29) is 0 Å². The van der Waals surface area contributed by atoms with Gasteiger partial charge < -0.3 is 10.6 Å². The van der Waals surface area contributed by atoms with Crippen molar-refractivity contribution in [2.24, 2.45) is 5.73 Å². The minimum Gasteiger partial charge on any atom is -0.375 e. The maximum atomic E-state index is 5.54. The number of anilines is 1. The Morgan fingerprint density at radius 2 is 2.07 bits per heavy atom. The van der Waals surface area contributed by atoms with Crippen molar-refractivity contribution in [1.29, 1.82) is 0 Å². The second-order valence-electron chi connectivity index (χ2n) is 3.66. The van der Waals surface area contributed by atoms with Gasteiger partial charge in [-0.1, -0.05) is 6.07 Å². The van der Waals surface area contributed by atoms with Crippen LogP contribution in [0.25, 0.3) is 0 Å². The summed E-state index contributed by atoms with van der Waals surface area (Å²) < 4.78 is 0. The normalized spacial score (nSPS) is 10.3. The minimum absolute atomic E-state index is 0.726. The van der Waals surface area contributed by atoms with Crippen LogP contribution in [0.15, 0.2) is 18.2 Å². The Hall–Kier alpha value is -1.02. The first-order chi connectivity index (χ1) is 6.69. The van der Waals surface area contributed by atoms with Crippen LogP contribution < -0.4 is 10.6 Å². The molecule has 0 saturated carbocycles. The fourth-order valence-electron chi connectivity index (χ4n) is 1.54. The second-order valence-corrected chi connectivity index (χ2v) is 3.66. The molecule has 0 saturated heterocycles. The Bertz CT molecular complexity index is 294. The molecule has 78 valence electrons. The number of nitrogens with zero attached hydrogens (tertiary/aromatic N) is 1. The van der Waals surface area contributed by atoms with Crippen molar-refractivity contribution in [3.8, 4) is 0 Å². The van der Waals surface area contributed by atoms with Gasteiger partial charge in [-0.3, -0.25) is 0 Å². The van der Waals surface area contributed by atoms with Gasteiger partial charge in [-0.25, -0.2) is 0 Å². The average molecular weight is 192 g/mol. The highest BCUT2D eigenvalue weighted by molar-refractivity contribution is 5.50. The molecule has 0 aromatic heterocycles. The zero-order valence-electron chi connectivity index (χ0n) is 9.38. The molecule has 14 heavy (non-hydrogen) atoms. The summed E-state index contributed by atoms with van der Waals surface area (Å²) in [4.78, 5) is 2.24. The van der Waals surface area contributed by atoms with Gasteiger partial charge in [-0.15, -0.1) is 0 Å². The lowest BCUT2D eigenvalue weighted by Crippen LogP contribution is -2.16. The van der Waals surface area contributed by atoms with Gasteiger partial charge >= 0.3 is 0 Å². The summed E-state index contributed by atoms with van der Waals surface area (Å²) in [6.45, 7) is 6.07. The molecule has 0 unspecified atom stereocenters. The molecule has 0 radical (unpaired) electrons. The van der Waals surface area contributed by atoms with Crippen molar-refractivity contribution in [1.82, 2.24) is 0 Å². The van der Waals surface area contributed by atoms with Gasteiger partial charge in [0.05, 0.1) is 0 Å². The number of nitrogens with two attached hydrogens (primary N) is 1. The summed E-state index contributed by atoms with van der Waals surface area (Å²) in [7, 11) is 2.11. The SMILES string of the molecule is CCN(C)c1ccc(CCN)c(C)c1. The van der Waals surface area contributed by atoms with Gasteiger partial charge in [0.15, 0.2) is 0 Å². The number of hydrogen-bond donors (Lipinski definition) is 1. The molecular formula is C12H20N2. The van der Waals surface area contributed by atoms with E-state index in [4.69, 9.17) is 5.73 Å². The predicted molar refractivity (Wildman–Crippen MR) is 62.9 cm³/mol. The largest absolute Gasteiger partial charge is 0.375 e. The summed E-state index contributed by atoms with van der Waals surface area (Å²) in [5.41, 5.74) is 9.53. The summed E-state index contributed by atoms with van der Waals surface area (Å²) in [5.74, 6) is 0. The average Bonchev–Trinajstić information content (AvgIpc) is 2.20. The molecule has 2 nitrogen and oxygen atoms in total. The third-order valence-corrected chi connectivity index (χ3v) is 2.65. The van der Waals surface area contributed by atoms with Crippen molar-refractivity contribution in [3.05, 3.63) is 29.3 Å². The lowest BCUT2D eigenvalue weighted by atomic mass is 10.0.